The molecule has 0 aromatic carbocycles. The zero-order valence-corrected chi connectivity index (χ0v) is 7.31. The lowest BCUT2D eigenvalue weighted by Gasteiger charge is -2.42. The van der Waals surface area contributed by atoms with Crippen LogP contribution >= 0.6 is 0 Å². The van der Waals surface area contributed by atoms with Crippen LogP contribution in [0.5, 0.6) is 0 Å². The molecule has 1 spiro atoms. The Labute approximate surface area is 72.5 Å². The SMILES string of the molecule is FC1CCNC2(CCCOC2)C1. The summed E-state index contributed by atoms with van der Waals surface area (Å²) in [7, 11) is 0. The van der Waals surface area contributed by atoms with Crippen LogP contribution in [0.25, 0.3) is 0 Å². The van der Waals surface area contributed by atoms with E-state index in [1.807, 2.05) is 0 Å². The van der Waals surface area contributed by atoms with Crippen molar-refractivity contribution in [3.05, 3.63) is 0 Å². The molecule has 0 aromatic heterocycles. The van der Waals surface area contributed by atoms with E-state index < -0.39 is 6.17 Å². The van der Waals surface area contributed by atoms with E-state index >= 15 is 0 Å². The molecule has 0 amide bonds. The van der Waals surface area contributed by atoms with Gasteiger partial charge in [0.15, 0.2) is 0 Å². The maximum atomic E-state index is 13.1. The van der Waals surface area contributed by atoms with Crippen molar-refractivity contribution in [1.82, 2.24) is 5.32 Å². The first-order chi connectivity index (χ1) is 5.81. The molecule has 2 saturated heterocycles. The highest BCUT2D eigenvalue weighted by molar-refractivity contribution is 4.95. The lowest BCUT2D eigenvalue weighted by atomic mass is 9.83. The Bertz CT molecular complexity index is 151. The summed E-state index contributed by atoms with van der Waals surface area (Å²) in [6.45, 7) is 2.36. The smallest absolute Gasteiger partial charge is 0.103 e. The normalized spacial score (nSPS) is 43.2. The van der Waals surface area contributed by atoms with Crippen LogP contribution in [0.4, 0.5) is 4.39 Å². The Morgan fingerprint density at radius 2 is 2.42 bits per heavy atom. The highest BCUT2D eigenvalue weighted by atomic mass is 19.1. The van der Waals surface area contributed by atoms with Crippen LogP contribution < -0.4 is 5.32 Å². The molecular weight excluding hydrogens is 157 g/mol. The van der Waals surface area contributed by atoms with E-state index in [2.05, 4.69) is 5.32 Å². The van der Waals surface area contributed by atoms with E-state index in [9.17, 15) is 4.39 Å². The standard InChI is InChI=1S/C9H16FNO/c10-8-2-4-11-9(6-8)3-1-5-12-7-9/h8,11H,1-7H2. The van der Waals surface area contributed by atoms with Gasteiger partial charge in [-0.05, 0) is 32.2 Å². The molecule has 2 atom stereocenters. The van der Waals surface area contributed by atoms with Gasteiger partial charge in [-0.15, -0.1) is 0 Å². The summed E-state index contributed by atoms with van der Waals surface area (Å²) >= 11 is 0. The topological polar surface area (TPSA) is 21.3 Å². The van der Waals surface area contributed by atoms with Gasteiger partial charge in [0.2, 0.25) is 0 Å². The Balaban J connectivity index is 1.97. The van der Waals surface area contributed by atoms with E-state index in [0.29, 0.717) is 19.4 Å². The van der Waals surface area contributed by atoms with Crippen molar-refractivity contribution in [2.45, 2.75) is 37.4 Å². The van der Waals surface area contributed by atoms with Crippen molar-refractivity contribution in [3.63, 3.8) is 0 Å². The summed E-state index contributed by atoms with van der Waals surface area (Å²) in [5.41, 5.74) is -0.0179. The van der Waals surface area contributed by atoms with E-state index in [4.69, 9.17) is 4.74 Å². The molecule has 2 unspecified atom stereocenters. The van der Waals surface area contributed by atoms with E-state index in [0.717, 1.165) is 26.0 Å². The zero-order chi connectivity index (χ0) is 8.44. The molecule has 0 bridgehead atoms. The van der Waals surface area contributed by atoms with Gasteiger partial charge in [0.05, 0.1) is 6.61 Å². The summed E-state index contributed by atoms with van der Waals surface area (Å²) in [5.74, 6) is 0. The lowest BCUT2D eigenvalue weighted by Crippen LogP contribution is -2.56. The number of halogens is 1. The number of piperidine rings is 1. The minimum atomic E-state index is -0.618. The minimum absolute atomic E-state index is 0.0179. The number of nitrogens with one attached hydrogen (secondary N) is 1. The van der Waals surface area contributed by atoms with Crippen LogP contribution in [-0.4, -0.2) is 31.5 Å². The fourth-order valence-electron chi connectivity index (χ4n) is 2.24. The van der Waals surface area contributed by atoms with Crippen molar-refractivity contribution in [2.24, 2.45) is 0 Å². The highest BCUT2D eigenvalue weighted by Crippen LogP contribution is 2.29. The summed E-state index contributed by atoms with van der Waals surface area (Å²) in [6, 6.07) is 0. The molecule has 1 N–H and O–H groups in total. The summed E-state index contributed by atoms with van der Waals surface area (Å²) in [5, 5.41) is 3.40. The maximum absolute atomic E-state index is 13.1. The number of alkyl halides is 1. The van der Waals surface area contributed by atoms with Gasteiger partial charge < -0.3 is 10.1 Å². The van der Waals surface area contributed by atoms with Crippen molar-refractivity contribution in [3.8, 4) is 0 Å². The van der Waals surface area contributed by atoms with Crippen LogP contribution in [0.2, 0.25) is 0 Å². The fraction of sp³-hybridized carbons (Fsp3) is 1.00. The number of hydrogen-bond donors (Lipinski definition) is 1. The number of hydrogen-bond acceptors (Lipinski definition) is 2. The van der Waals surface area contributed by atoms with Gasteiger partial charge in [0, 0.05) is 12.1 Å². The molecule has 70 valence electrons. The van der Waals surface area contributed by atoms with Gasteiger partial charge in [-0.3, -0.25) is 0 Å². The van der Waals surface area contributed by atoms with Crippen molar-refractivity contribution >= 4 is 0 Å². The molecule has 12 heavy (non-hydrogen) atoms. The largest absolute Gasteiger partial charge is 0.380 e. The summed E-state index contributed by atoms with van der Waals surface area (Å²) < 4.78 is 18.5. The molecule has 0 radical (unpaired) electrons. The third kappa shape index (κ3) is 1.62. The van der Waals surface area contributed by atoms with Crippen LogP contribution in [0.15, 0.2) is 0 Å². The molecule has 2 fully saturated rings. The molecular formula is C9H16FNO. The molecule has 0 aromatic rings. The Hall–Kier alpha value is -0.150. The molecule has 2 rings (SSSR count). The predicted molar refractivity (Wildman–Crippen MR) is 44.9 cm³/mol. The Morgan fingerprint density at radius 3 is 3.08 bits per heavy atom. The first-order valence-corrected chi connectivity index (χ1v) is 4.78. The van der Waals surface area contributed by atoms with Crippen molar-refractivity contribution < 1.29 is 9.13 Å². The monoisotopic (exact) mass is 173 g/mol. The number of rotatable bonds is 0. The zero-order valence-electron chi connectivity index (χ0n) is 7.31. The van der Waals surface area contributed by atoms with Crippen LogP contribution in [0.3, 0.4) is 0 Å². The Kier molecular flexibility index (Phi) is 2.33. The van der Waals surface area contributed by atoms with E-state index in [1.165, 1.54) is 0 Å². The molecule has 0 saturated carbocycles. The first kappa shape index (κ1) is 8.45. The van der Waals surface area contributed by atoms with E-state index in [1.54, 1.807) is 0 Å². The highest BCUT2D eigenvalue weighted by Gasteiger charge is 2.37. The van der Waals surface area contributed by atoms with Gasteiger partial charge in [-0.1, -0.05) is 0 Å². The molecule has 2 nitrogen and oxygen atoms in total. The third-order valence-corrected chi connectivity index (χ3v) is 2.89. The van der Waals surface area contributed by atoms with Crippen LogP contribution in [0.1, 0.15) is 25.7 Å². The van der Waals surface area contributed by atoms with Crippen LogP contribution in [-0.2, 0) is 4.74 Å². The second-order valence-corrected chi connectivity index (χ2v) is 3.95. The maximum Gasteiger partial charge on any atom is 0.103 e. The van der Waals surface area contributed by atoms with Gasteiger partial charge in [-0.25, -0.2) is 4.39 Å². The second-order valence-electron chi connectivity index (χ2n) is 3.95. The predicted octanol–water partition coefficient (Wildman–Crippen LogP) is 1.26. The first-order valence-electron chi connectivity index (χ1n) is 4.78. The molecule has 2 aliphatic rings. The minimum Gasteiger partial charge on any atom is -0.380 e. The van der Waals surface area contributed by atoms with Crippen molar-refractivity contribution in [2.75, 3.05) is 19.8 Å². The van der Waals surface area contributed by atoms with Gasteiger partial charge in [-0.2, -0.15) is 0 Å². The quantitative estimate of drug-likeness (QED) is 0.595. The number of ether oxygens (including phenoxy) is 1. The third-order valence-electron chi connectivity index (χ3n) is 2.89. The lowest BCUT2D eigenvalue weighted by molar-refractivity contribution is -0.00775. The molecule has 3 heteroatoms. The summed E-state index contributed by atoms with van der Waals surface area (Å²) in [6.07, 6.45) is 2.84. The van der Waals surface area contributed by atoms with Gasteiger partial charge in [0.1, 0.15) is 6.17 Å². The second kappa shape index (κ2) is 3.30. The molecule has 0 aliphatic carbocycles. The van der Waals surface area contributed by atoms with Gasteiger partial charge >= 0.3 is 0 Å². The van der Waals surface area contributed by atoms with E-state index in [-0.39, 0.29) is 5.54 Å². The van der Waals surface area contributed by atoms with Crippen molar-refractivity contribution in [1.29, 1.82) is 0 Å². The van der Waals surface area contributed by atoms with Gasteiger partial charge in [0.25, 0.3) is 0 Å². The molecule has 2 heterocycles. The fourth-order valence-corrected chi connectivity index (χ4v) is 2.24. The van der Waals surface area contributed by atoms with Crippen LogP contribution in [0, 0.1) is 0 Å². The average Bonchev–Trinajstić information content (AvgIpc) is 2.05. The Morgan fingerprint density at radius 1 is 1.50 bits per heavy atom. The molecule has 2 aliphatic heterocycles. The summed E-state index contributed by atoms with van der Waals surface area (Å²) in [4.78, 5) is 0. The average molecular weight is 173 g/mol.